The summed E-state index contributed by atoms with van der Waals surface area (Å²) in [7, 11) is -3.67. The van der Waals surface area contributed by atoms with Gasteiger partial charge in [-0.1, -0.05) is 0 Å². The van der Waals surface area contributed by atoms with E-state index in [0.717, 1.165) is 25.9 Å². The van der Waals surface area contributed by atoms with E-state index >= 15 is 0 Å². The lowest BCUT2D eigenvalue weighted by molar-refractivity contribution is -0.0221. The van der Waals surface area contributed by atoms with E-state index in [1.54, 1.807) is 46.1 Å². The molecule has 226 valence electrons. The number of carbonyl (C=O) groups excluding carboxylic acids is 1. The number of benzene rings is 1. The number of hydrogen-bond acceptors (Lipinski definition) is 8. The fourth-order valence-corrected chi connectivity index (χ4v) is 6.95. The molecule has 6 rings (SSSR count). The fraction of sp³-hybridized carbons (Fsp3) is 0.536. The van der Waals surface area contributed by atoms with Gasteiger partial charge in [0.2, 0.25) is 10.0 Å². The fourth-order valence-electron chi connectivity index (χ4n) is 5.85. The van der Waals surface area contributed by atoms with Crippen molar-refractivity contribution in [3.63, 3.8) is 0 Å². The van der Waals surface area contributed by atoms with E-state index < -0.39 is 21.9 Å². The molecule has 1 aromatic carbocycles. The van der Waals surface area contributed by atoms with Gasteiger partial charge in [-0.2, -0.15) is 0 Å². The van der Waals surface area contributed by atoms with Crippen LogP contribution in [0.15, 0.2) is 36.8 Å². The summed E-state index contributed by atoms with van der Waals surface area (Å²) in [6.45, 7) is 1.52. The van der Waals surface area contributed by atoms with E-state index in [0.29, 0.717) is 33.8 Å². The van der Waals surface area contributed by atoms with Crippen LogP contribution >= 0.6 is 0 Å². The van der Waals surface area contributed by atoms with Crippen LogP contribution in [0.3, 0.4) is 0 Å². The molecule has 4 heterocycles. The number of nitrogens with one attached hydrogen (secondary N) is 2. The molecule has 0 bridgehead atoms. The van der Waals surface area contributed by atoms with Crippen LogP contribution in [0.25, 0.3) is 5.65 Å². The van der Waals surface area contributed by atoms with Crippen LogP contribution in [0, 0.1) is 5.41 Å². The van der Waals surface area contributed by atoms with Crippen molar-refractivity contribution in [2.24, 2.45) is 5.41 Å². The van der Waals surface area contributed by atoms with Gasteiger partial charge >= 0.3 is 0 Å². The number of aromatic nitrogens is 3. The third kappa shape index (κ3) is 6.14. The molecule has 3 N–H and O–H groups in total. The van der Waals surface area contributed by atoms with Gasteiger partial charge < -0.3 is 24.6 Å². The summed E-state index contributed by atoms with van der Waals surface area (Å²) in [4.78, 5) is 26.6. The monoisotopic (exact) mass is 603 g/mol. The van der Waals surface area contributed by atoms with Crippen molar-refractivity contribution in [1.29, 1.82) is 0 Å². The Morgan fingerprint density at radius 3 is 2.43 bits per heavy atom. The van der Waals surface area contributed by atoms with Gasteiger partial charge in [-0.25, -0.2) is 27.2 Å². The second kappa shape index (κ2) is 11.0. The molecule has 1 amide bonds. The first kappa shape index (κ1) is 28.6. The summed E-state index contributed by atoms with van der Waals surface area (Å²) in [6.07, 6.45) is 8.94. The minimum Gasteiger partial charge on any atom is -0.396 e. The van der Waals surface area contributed by atoms with Crippen molar-refractivity contribution in [2.75, 3.05) is 58.4 Å². The summed E-state index contributed by atoms with van der Waals surface area (Å²) in [5.74, 6) is -2.68. The molecule has 1 aliphatic carbocycles. The van der Waals surface area contributed by atoms with E-state index in [4.69, 9.17) is 5.11 Å². The number of alkyl halides is 2. The number of anilines is 4. The molecule has 42 heavy (non-hydrogen) atoms. The van der Waals surface area contributed by atoms with Crippen molar-refractivity contribution in [3.8, 4) is 0 Å². The maximum Gasteiger partial charge on any atom is 0.258 e. The summed E-state index contributed by atoms with van der Waals surface area (Å²) in [5.41, 5.74) is 2.24. The minimum absolute atomic E-state index is 0.118. The number of piperidine rings is 2. The van der Waals surface area contributed by atoms with Crippen LogP contribution in [0.1, 0.15) is 55.3 Å². The number of imidazole rings is 1. The zero-order valence-electron chi connectivity index (χ0n) is 23.2. The molecule has 2 saturated heterocycles. The second-order valence-electron chi connectivity index (χ2n) is 11.6. The third-order valence-corrected chi connectivity index (χ3v) is 9.97. The molecule has 2 aliphatic heterocycles. The third-order valence-electron chi connectivity index (χ3n) is 8.60. The highest BCUT2D eigenvalue weighted by Crippen LogP contribution is 2.54. The summed E-state index contributed by atoms with van der Waals surface area (Å²) >= 11 is 0. The van der Waals surface area contributed by atoms with Gasteiger partial charge in [0.1, 0.15) is 0 Å². The van der Waals surface area contributed by atoms with Crippen LogP contribution in [0.2, 0.25) is 0 Å². The van der Waals surface area contributed by atoms with Gasteiger partial charge in [-0.15, -0.1) is 0 Å². The van der Waals surface area contributed by atoms with Gasteiger partial charge in [0.25, 0.3) is 11.8 Å². The lowest BCUT2D eigenvalue weighted by Crippen LogP contribution is -2.40. The van der Waals surface area contributed by atoms with Crippen LogP contribution < -0.4 is 19.8 Å². The van der Waals surface area contributed by atoms with Gasteiger partial charge in [0.15, 0.2) is 17.3 Å². The smallest absolute Gasteiger partial charge is 0.258 e. The molecular weight excluding hydrogens is 568 g/mol. The molecule has 1 spiro atoms. The van der Waals surface area contributed by atoms with Gasteiger partial charge in [0, 0.05) is 58.0 Å². The van der Waals surface area contributed by atoms with Gasteiger partial charge in [0.05, 0.1) is 28.9 Å². The number of nitrogens with zero attached hydrogens (tertiary/aromatic N) is 5. The van der Waals surface area contributed by atoms with E-state index in [9.17, 15) is 22.0 Å². The zero-order chi connectivity index (χ0) is 29.5. The zero-order valence-corrected chi connectivity index (χ0v) is 24.0. The summed E-state index contributed by atoms with van der Waals surface area (Å²) in [5, 5.41) is 11.9. The first-order valence-corrected chi connectivity index (χ1v) is 16.0. The molecule has 3 aromatic rings. The van der Waals surface area contributed by atoms with E-state index in [2.05, 4.69) is 24.9 Å². The van der Waals surface area contributed by atoms with E-state index in [1.165, 1.54) is 12.8 Å². The Kier molecular flexibility index (Phi) is 7.46. The molecule has 1 saturated carbocycles. The van der Waals surface area contributed by atoms with Crippen molar-refractivity contribution in [2.45, 2.75) is 50.9 Å². The molecule has 3 fully saturated rings. The van der Waals surface area contributed by atoms with Crippen molar-refractivity contribution in [1.82, 2.24) is 14.4 Å². The quantitative estimate of drug-likeness (QED) is 0.337. The molecule has 11 nitrogen and oxygen atoms in total. The van der Waals surface area contributed by atoms with Crippen LogP contribution in [-0.4, -0.2) is 78.3 Å². The normalized spacial score (nSPS) is 19.7. The summed E-state index contributed by atoms with van der Waals surface area (Å²) in [6, 6.07) is 4.83. The first-order valence-electron chi connectivity index (χ1n) is 14.3. The highest BCUT2D eigenvalue weighted by molar-refractivity contribution is 7.92. The molecule has 14 heteroatoms. The number of hydrogen-bond donors (Lipinski definition) is 3. The second-order valence-corrected chi connectivity index (χ2v) is 13.5. The van der Waals surface area contributed by atoms with Crippen molar-refractivity contribution >= 4 is 44.6 Å². The molecule has 2 aromatic heterocycles. The minimum atomic E-state index is -3.67. The van der Waals surface area contributed by atoms with Crippen molar-refractivity contribution in [3.05, 3.63) is 42.4 Å². The Morgan fingerprint density at radius 1 is 1.02 bits per heavy atom. The Labute approximate surface area is 243 Å². The Bertz CT molecular complexity index is 1570. The number of halogens is 2. The van der Waals surface area contributed by atoms with Gasteiger partial charge in [-0.3, -0.25) is 9.52 Å². The average molecular weight is 604 g/mol. The number of sulfonamides is 1. The number of fused-ring (bicyclic) bond motifs is 1. The van der Waals surface area contributed by atoms with E-state index in [-0.39, 0.29) is 50.5 Å². The van der Waals surface area contributed by atoms with Crippen LogP contribution in [0.4, 0.5) is 31.8 Å². The largest absolute Gasteiger partial charge is 0.396 e. The topological polar surface area (TPSA) is 132 Å². The molecular formula is C28H35F2N7O4S. The number of aliphatic hydroxyl groups excluding tert-OH is 1. The molecule has 0 radical (unpaired) electrons. The maximum absolute atomic E-state index is 13.8. The highest BCUT2D eigenvalue weighted by atomic mass is 32.2. The number of aliphatic hydroxyl groups is 1. The highest BCUT2D eigenvalue weighted by Gasteiger charge is 2.44. The number of rotatable bonds is 9. The lowest BCUT2D eigenvalue weighted by Gasteiger charge is -2.35. The SMILES string of the molecule is O=C(Nc1cn2ccnc2c(N2CCC(F)(F)CC2)n1)c1ccc(NS(=O)(=O)CCCO)cc1N1CCC2(CC1)CC2. The predicted molar refractivity (Wildman–Crippen MR) is 156 cm³/mol. The lowest BCUT2D eigenvalue weighted by atomic mass is 9.93. The Morgan fingerprint density at radius 2 is 1.74 bits per heavy atom. The number of carbonyl (C=O) groups is 1. The Balaban J connectivity index is 1.28. The van der Waals surface area contributed by atoms with Gasteiger partial charge in [-0.05, 0) is 55.7 Å². The average Bonchev–Trinajstić information content (AvgIpc) is 3.53. The maximum atomic E-state index is 13.8. The van der Waals surface area contributed by atoms with Crippen LogP contribution in [0.5, 0.6) is 0 Å². The molecule has 0 unspecified atom stereocenters. The predicted octanol–water partition coefficient (Wildman–Crippen LogP) is 3.72. The summed E-state index contributed by atoms with van der Waals surface area (Å²) < 4.78 is 56.9. The van der Waals surface area contributed by atoms with Crippen LogP contribution in [-0.2, 0) is 10.0 Å². The molecule has 0 atom stereocenters. The van der Waals surface area contributed by atoms with E-state index in [1.807, 2.05) is 0 Å². The first-order chi connectivity index (χ1) is 20.1. The number of amides is 1. The van der Waals surface area contributed by atoms with Crippen molar-refractivity contribution < 1.29 is 27.1 Å². The molecule has 3 aliphatic rings. The Hall–Kier alpha value is -3.52. The standard InChI is InChI=1S/C28H35F2N7O4S/c29-28(30)8-13-36(14-9-28)25-24-31-10-15-37(24)19-23(32-25)33-26(39)21-3-2-20(34-42(40,41)17-1-16-38)18-22(21)35-11-6-27(4-5-27)7-12-35/h2-3,10,15,18-19,34,38H,1,4-9,11-14,16-17H2,(H,33,39).